The molecule has 0 saturated carbocycles. The van der Waals surface area contributed by atoms with Crippen molar-refractivity contribution in [1.29, 1.82) is 0 Å². The van der Waals surface area contributed by atoms with Gasteiger partial charge >= 0.3 is 5.97 Å². The fourth-order valence-corrected chi connectivity index (χ4v) is 3.25. The fraction of sp³-hybridized carbons (Fsp3) is 0.800. The van der Waals surface area contributed by atoms with Crippen molar-refractivity contribution in [2.45, 2.75) is 57.7 Å². The molecule has 2 N–H and O–H groups in total. The molecule has 2 fully saturated rings. The first-order valence-electron chi connectivity index (χ1n) is 8.00. The minimum atomic E-state index is -0.618. The molecular weight excluding hydrogens is 322 g/mol. The van der Waals surface area contributed by atoms with Gasteiger partial charge in [-0.2, -0.15) is 0 Å². The standard InChI is InChI=1S/C15H25N3O4.ClH/c1-3-22-15(21)12-7-5-9-18(12)14(20)11-6-4-8-17(11)13(19)10(2)16;/h10-12H,3-9,16H2,1-2H3;1H/t10-,11-,12-;/m0./s1. The van der Waals surface area contributed by atoms with Crippen molar-refractivity contribution in [2.75, 3.05) is 19.7 Å². The van der Waals surface area contributed by atoms with Crippen LogP contribution in [-0.2, 0) is 19.1 Å². The molecule has 0 aromatic carbocycles. The van der Waals surface area contributed by atoms with Gasteiger partial charge in [-0.05, 0) is 39.5 Å². The summed E-state index contributed by atoms with van der Waals surface area (Å²) in [5.74, 6) is -0.707. The molecule has 0 radical (unpaired) electrons. The number of halogens is 1. The molecule has 0 spiro atoms. The lowest BCUT2D eigenvalue weighted by atomic mass is 10.1. The lowest BCUT2D eigenvalue weighted by Gasteiger charge is -2.31. The van der Waals surface area contributed by atoms with Crippen molar-refractivity contribution >= 4 is 30.2 Å². The van der Waals surface area contributed by atoms with Gasteiger partial charge in [-0.3, -0.25) is 9.59 Å². The summed E-state index contributed by atoms with van der Waals surface area (Å²) < 4.78 is 5.05. The smallest absolute Gasteiger partial charge is 0.328 e. The summed E-state index contributed by atoms with van der Waals surface area (Å²) in [6, 6.07) is -1.62. The number of amides is 2. The van der Waals surface area contributed by atoms with Crippen LogP contribution >= 0.6 is 12.4 Å². The van der Waals surface area contributed by atoms with Crippen LogP contribution in [0.25, 0.3) is 0 Å². The zero-order valence-electron chi connectivity index (χ0n) is 13.7. The number of carbonyl (C=O) groups excluding carboxylic acids is 3. The quantitative estimate of drug-likeness (QED) is 0.738. The molecule has 0 unspecified atom stereocenters. The first-order valence-corrected chi connectivity index (χ1v) is 8.00. The first-order chi connectivity index (χ1) is 10.5. The number of likely N-dealkylation sites (tertiary alicyclic amines) is 2. The van der Waals surface area contributed by atoms with Gasteiger partial charge in [0, 0.05) is 13.1 Å². The molecule has 3 atom stereocenters. The Morgan fingerprint density at radius 2 is 1.70 bits per heavy atom. The van der Waals surface area contributed by atoms with Crippen LogP contribution in [-0.4, -0.2) is 65.4 Å². The third-order valence-corrected chi connectivity index (χ3v) is 4.31. The second-order valence-electron chi connectivity index (χ2n) is 5.92. The Bertz CT molecular complexity index is 458. The lowest BCUT2D eigenvalue weighted by molar-refractivity contribution is -0.155. The van der Waals surface area contributed by atoms with Gasteiger partial charge in [0.15, 0.2) is 0 Å². The minimum absolute atomic E-state index is 0. The third-order valence-electron chi connectivity index (χ3n) is 4.31. The van der Waals surface area contributed by atoms with Crippen LogP contribution in [0.1, 0.15) is 39.5 Å². The van der Waals surface area contributed by atoms with Crippen LogP contribution < -0.4 is 5.73 Å². The van der Waals surface area contributed by atoms with Gasteiger partial charge in [-0.25, -0.2) is 4.79 Å². The van der Waals surface area contributed by atoms with E-state index in [1.807, 2.05) is 0 Å². The van der Waals surface area contributed by atoms with Crippen molar-refractivity contribution in [2.24, 2.45) is 5.73 Å². The van der Waals surface area contributed by atoms with E-state index >= 15 is 0 Å². The summed E-state index contributed by atoms with van der Waals surface area (Å²) in [6.07, 6.45) is 2.82. The Labute approximate surface area is 142 Å². The molecule has 23 heavy (non-hydrogen) atoms. The van der Waals surface area contributed by atoms with E-state index in [1.54, 1.807) is 23.6 Å². The van der Waals surface area contributed by atoms with Gasteiger partial charge in [0.05, 0.1) is 12.6 Å². The van der Waals surface area contributed by atoms with E-state index in [9.17, 15) is 14.4 Å². The number of nitrogens with two attached hydrogens (primary N) is 1. The number of rotatable bonds is 4. The maximum absolute atomic E-state index is 12.8. The molecule has 7 nitrogen and oxygen atoms in total. The molecule has 2 aliphatic heterocycles. The molecule has 8 heteroatoms. The average molecular weight is 348 g/mol. The van der Waals surface area contributed by atoms with Gasteiger partial charge in [-0.1, -0.05) is 0 Å². The first kappa shape index (κ1) is 19.7. The van der Waals surface area contributed by atoms with Gasteiger partial charge in [0.1, 0.15) is 12.1 Å². The van der Waals surface area contributed by atoms with E-state index in [0.717, 1.165) is 12.8 Å². The molecule has 0 bridgehead atoms. The number of hydrogen-bond acceptors (Lipinski definition) is 5. The van der Waals surface area contributed by atoms with Crippen molar-refractivity contribution in [3.63, 3.8) is 0 Å². The maximum atomic E-state index is 12.8. The lowest BCUT2D eigenvalue weighted by Crippen LogP contribution is -2.53. The Morgan fingerprint density at radius 1 is 1.13 bits per heavy atom. The van der Waals surface area contributed by atoms with E-state index < -0.39 is 18.1 Å². The van der Waals surface area contributed by atoms with Crippen LogP contribution in [0, 0.1) is 0 Å². The van der Waals surface area contributed by atoms with E-state index in [2.05, 4.69) is 0 Å². The van der Waals surface area contributed by atoms with Gasteiger partial charge in [-0.15, -0.1) is 12.4 Å². The second kappa shape index (κ2) is 8.49. The van der Waals surface area contributed by atoms with E-state index in [0.29, 0.717) is 32.5 Å². The largest absolute Gasteiger partial charge is 0.464 e. The summed E-state index contributed by atoms with van der Waals surface area (Å²) in [5.41, 5.74) is 5.66. The Morgan fingerprint density at radius 3 is 2.26 bits per heavy atom. The number of hydrogen-bond donors (Lipinski definition) is 1. The number of esters is 1. The highest BCUT2D eigenvalue weighted by Gasteiger charge is 2.42. The van der Waals surface area contributed by atoms with Crippen molar-refractivity contribution in [1.82, 2.24) is 9.80 Å². The van der Waals surface area contributed by atoms with E-state index in [-0.39, 0.29) is 30.2 Å². The van der Waals surface area contributed by atoms with Crippen LogP contribution in [0.2, 0.25) is 0 Å². The molecule has 2 aliphatic rings. The van der Waals surface area contributed by atoms with Crippen molar-refractivity contribution < 1.29 is 19.1 Å². The fourth-order valence-electron chi connectivity index (χ4n) is 3.25. The molecule has 0 aromatic rings. The topological polar surface area (TPSA) is 92.9 Å². The van der Waals surface area contributed by atoms with Crippen molar-refractivity contribution in [3.8, 4) is 0 Å². The number of nitrogens with zero attached hydrogens (tertiary/aromatic N) is 2. The summed E-state index contributed by atoms with van der Waals surface area (Å²) in [6.45, 7) is 4.77. The normalized spacial score (nSPS) is 25.0. The molecular formula is C15H26ClN3O4. The monoisotopic (exact) mass is 347 g/mol. The Kier molecular flexibility index (Phi) is 7.28. The predicted molar refractivity (Wildman–Crippen MR) is 87.0 cm³/mol. The summed E-state index contributed by atoms with van der Waals surface area (Å²) >= 11 is 0. The Balaban J connectivity index is 0.00000264. The number of ether oxygens (including phenoxy) is 1. The highest BCUT2D eigenvalue weighted by molar-refractivity contribution is 5.92. The van der Waals surface area contributed by atoms with Crippen molar-refractivity contribution in [3.05, 3.63) is 0 Å². The average Bonchev–Trinajstić information content (AvgIpc) is 3.14. The van der Waals surface area contributed by atoms with Crippen LogP contribution in [0.4, 0.5) is 0 Å². The molecule has 2 rings (SSSR count). The Hall–Kier alpha value is -1.34. The van der Waals surface area contributed by atoms with Gasteiger partial charge in [0.25, 0.3) is 0 Å². The minimum Gasteiger partial charge on any atom is -0.464 e. The zero-order chi connectivity index (χ0) is 16.3. The van der Waals surface area contributed by atoms with Gasteiger partial charge in [0.2, 0.25) is 11.8 Å². The summed E-state index contributed by atoms with van der Waals surface area (Å²) in [4.78, 5) is 40.0. The van der Waals surface area contributed by atoms with E-state index in [4.69, 9.17) is 10.5 Å². The molecule has 132 valence electrons. The summed E-state index contributed by atoms with van der Waals surface area (Å²) in [7, 11) is 0. The molecule has 2 saturated heterocycles. The van der Waals surface area contributed by atoms with E-state index in [1.165, 1.54) is 0 Å². The molecule has 0 aliphatic carbocycles. The predicted octanol–water partition coefficient (Wildman–Crippen LogP) is 0.301. The highest BCUT2D eigenvalue weighted by atomic mass is 35.5. The van der Waals surface area contributed by atoms with Crippen LogP contribution in [0.3, 0.4) is 0 Å². The maximum Gasteiger partial charge on any atom is 0.328 e. The highest BCUT2D eigenvalue weighted by Crippen LogP contribution is 2.25. The van der Waals surface area contributed by atoms with Crippen LogP contribution in [0.15, 0.2) is 0 Å². The zero-order valence-corrected chi connectivity index (χ0v) is 14.5. The van der Waals surface area contributed by atoms with Gasteiger partial charge < -0.3 is 20.3 Å². The third kappa shape index (κ3) is 4.14. The molecule has 2 amide bonds. The van der Waals surface area contributed by atoms with Crippen LogP contribution in [0.5, 0.6) is 0 Å². The SMILES string of the molecule is CCOC(=O)[C@@H]1CCCN1C(=O)[C@@H]1CCCN1C(=O)[C@H](C)N.Cl. The summed E-state index contributed by atoms with van der Waals surface area (Å²) in [5, 5.41) is 0. The number of carbonyl (C=O) groups is 3. The molecule has 0 aromatic heterocycles. The second-order valence-corrected chi connectivity index (χ2v) is 5.92. The molecule has 2 heterocycles.